The van der Waals surface area contributed by atoms with Crippen LogP contribution in [-0.2, 0) is 4.74 Å². The van der Waals surface area contributed by atoms with Gasteiger partial charge in [-0.1, -0.05) is 0 Å². The molecular formula is C15H15N5O3. The van der Waals surface area contributed by atoms with Gasteiger partial charge in [0, 0.05) is 24.4 Å². The van der Waals surface area contributed by atoms with Crippen molar-refractivity contribution in [3.63, 3.8) is 0 Å². The van der Waals surface area contributed by atoms with Gasteiger partial charge in [0.05, 0.1) is 28.2 Å². The van der Waals surface area contributed by atoms with Crippen molar-refractivity contribution >= 4 is 16.6 Å². The van der Waals surface area contributed by atoms with Gasteiger partial charge in [0.15, 0.2) is 6.23 Å². The van der Waals surface area contributed by atoms with Gasteiger partial charge in [-0.15, -0.1) is 0 Å². The number of rotatable bonds is 3. The largest absolute Gasteiger partial charge is 0.356 e. The number of nitrogens with zero attached hydrogens (tertiary/aromatic N) is 4. The average Bonchev–Trinajstić information content (AvgIpc) is 3.24. The Hall–Kier alpha value is -2.74. The van der Waals surface area contributed by atoms with E-state index in [0.717, 1.165) is 30.4 Å². The van der Waals surface area contributed by atoms with Crippen LogP contribution in [0.25, 0.3) is 22.0 Å². The molecule has 0 bridgehead atoms. The number of benzene rings is 1. The lowest BCUT2D eigenvalue weighted by Crippen LogP contribution is -2.18. The molecule has 0 saturated carbocycles. The number of ether oxygens (including phenoxy) is 1. The van der Waals surface area contributed by atoms with Crippen LogP contribution in [0.2, 0.25) is 0 Å². The van der Waals surface area contributed by atoms with Crippen LogP contribution in [0.4, 0.5) is 5.69 Å². The summed E-state index contributed by atoms with van der Waals surface area (Å²) in [6.45, 7) is 0.690. The van der Waals surface area contributed by atoms with Crippen LogP contribution in [0.15, 0.2) is 30.7 Å². The Balaban J connectivity index is 1.91. The van der Waals surface area contributed by atoms with Crippen molar-refractivity contribution in [1.29, 1.82) is 0 Å². The van der Waals surface area contributed by atoms with E-state index < -0.39 is 0 Å². The predicted octanol–water partition coefficient (Wildman–Crippen LogP) is 3.03. The Bertz CT molecular complexity index is 850. The van der Waals surface area contributed by atoms with Crippen LogP contribution in [0, 0.1) is 10.1 Å². The van der Waals surface area contributed by atoms with Crippen molar-refractivity contribution in [3.8, 4) is 11.1 Å². The molecule has 0 spiro atoms. The molecule has 2 aromatic heterocycles. The Kier molecular flexibility index (Phi) is 3.30. The monoisotopic (exact) mass is 313 g/mol. The molecule has 0 aliphatic carbocycles. The van der Waals surface area contributed by atoms with Crippen molar-refractivity contribution in [2.45, 2.75) is 25.5 Å². The van der Waals surface area contributed by atoms with Gasteiger partial charge in [-0.05, 0) is 30.9 Å². The minimum Gasteiger partial charge on any atom is -0.356 e. The Morgan fingerprint density at radius 1 is 1.30 bits per heavy atom. The number of nitro groups is 1. The van der Waals surface area contributed by atoms with Gasteiger partial charge in [-0.3, -0.25) is 15.2 Å². The topological polar surface area (TPSA) is 98.9 Å². The second-order valence-electron chi connectivity index (χ2n) is 5.58. The van der Waals surface area contributed by atoms with Crippen molar-refractivity contribution < 1.29 is 9.66 Å². The minimum atomic E-state index is -0.375. The van der Waals surface area contributed by atoms with Gasteiger partial charge < -0.3 is 4.74 Å². The summed E-state index contributed by atoms with van der Waals surface area (Å²) in [5.74, 6) is 0. The fourth-order valence-corrected chi connectivity index (χ4v) is 3.00. The zero-order valence-corrected chi connectivity index (χ0v) is 12.3. The quantitative estimate of drug-likeness (QED) is 0.592. The van der Waals surface area contributed by atoms with Gasteiger partial charge in [0.2, 0.25) is 0 Å². The van der Waals surface area contributed by atoms with Crippen molar-refractivity contribution in [2.75, 3.05) is 6.61 Å². The molecular weight excluding hydrogens is 298 g/mol. The van der Waals surface area contributed by atoms with E-state index in [2.05, 4.69) is 15.3 Å². The number of H-pyrrole nitrogens is 1. The highest BCUT2D eigenvalue weighted by molar-refractivity contribution is 5.92. The van der Waals surface area contributed by atoms with Crippen LogP contribution < -0.4 is 0 Å². The molecule has 4 rings (SSSR count). The fourth-order valence-electron chi connectivity index (χ4n) is 3.00. The molecule has 0 amide bonds. The third-order valence-electron chi connectivity index (χ3n) is 4.15. The lowest BCUT2D eigenvalue weighted by Gasteiger charge is -2.23. The Morgan fingerprint density at radius 2 is 2.22 bits per heavy atom. The molecule has 1 aliphatic heterocycles. The molecule has 1 unspecified atom stereocenters. The molecule has 1 atom stereocenters. The maximum absolute atomic E-state index is 11.4. The summed E-state index contributed by atoms with van der Waals surface area (Å²) in [7, 11) is 0. The molecule has 1 aliphatic rings. The Morgan fingerprint density at radius 3 is 2.91 bits per heavy atom. The summed E-state index contributed by atoms with van der Waals surface area (Å²) in [6, 6.07) is 3.46. The number of non-ortho nitro benzene ring substituents is 1. The summed E-state index contributed by atoms with van der Waals surface area (Å²) >= 11 is 0. The number of fused-ring (bicyclic) bond motifs is 1. The van der Waals surface area contributed by atoms with E-state index in [-0.39, 0.29) is 16.8 Å². The van der Waals surface area contributed by atoms with Crippen LogP contribution in [0.1, 0.15) is 25.5 Å². The maximum Gasteiger partial charge on any atom is 0.281 e. The predicted molar refractivity (Wildman–Crippen MR) is 82.8 cm³/mol. The molecule has 23 heavy (non-hydrogen) atoms. The average molecular weight is 313 g/mol. The summed E-state index contributed by atoms with van der Waals surface area (Å²) < 4.78 is 7.53. The first-order chi connectivity index (χ1) is 11.2. The molecule has 1 saturated heterocycles. The molecule has 1 aromatic carbocycles. The number of aromatic amines is 1. The number of hydrogen-bond donors (Lipinski definition) is 1. The van der Waals surface area contributed by atoms with Crippen LogP contribution in [0.5, 0.6) is 0 Å². The number of nitro benzene ring substituents is 1. The van der Waals surface area contributed by atoms with E-state index in [9.17, 15) is 10.1 Å². The molecule has 8 heteroatoms. The normalized spacial score (nSPS) is 18.3. The fraction of sp³-hybridized carbons (Fsp3) is 0.333. The van der Waals surface area contributed by atoms with Crippen LogP contribution in [0.3, 0.4) is 0 Å². The second kappa shape index (κ2) is 5.47. The summed E-state index contributed by atoms with van der Waals surface area (Å²) in [6.07, 6.45) is 7.70. The maximum atomic E-state index is 11.4. The van der Waals surface area contributed by atoms with Crippen LogP contribution >= 0.6 is 0 Å². The molecule has 3 heterocycles. The van der Waals surface area contributed by atoms with E-state index >= 15 is 0 Å². The summed E-state index contributed by atoms with van der Waals surface area (Å²) in [5.41, 5.74) is 2.28. The third-order valence-corrected chi connectivity index (χ3v) is 4.15. The number of aromatic nitrogens is 4. The molecule has 1 fully saturated rings. The van der Waals surface area contributed by atoms with E-state index in [1.165, 1.54) is 0 Å². The van der Waals surface area contributed by atoms with Gasteiger partial charge in [0.1, 0.15) is 0 Å². The van der Waals surface area contributed by atoms with Gasteiger partial charge in [0.25, 0.3) is 5.69 Å². The first kappa shape index (κ1) is 13.9. The molecule has 1 N–H and O–H groups in total. The third kappa shape index (κ3) is 2.36. The summed E-state index contributed by atoms with van der Waals surface area (Å²) in [5, 5.41) is 22.9. The lowest BCUT2D eigenvalue weighted by molar-refractivity contribution is -0.383. The van der Waals surface area contributed by atoms with E-state index in [0.29, 0.717) is 17.5 Å². The first-order valence-electron chi connectivity index (χ1n) is 7.50. The van der Waals surface area contributed by atoms with Crippen molar-refractivity contribution in [1.82, 2.24) is 20.0 Å². The highest BCUT2D eigenvalue weighted by Gasteiger charge is 2.23. The first-order valence-corrected chi connectivity index (χ1v) is 7.50. The SMILES string of the molecule is O=[N+]([O-])c1cc(-c2cn[nH]c2)cc2c1cnn2C1CCCCO1. The van der Waals surface area contributed by atoms with Gasteiger partial charge in [-0.2, -0.15) is 10.2 Å². The molecule has 8 nitrogen and oxygen atoms in total. The minimum absolute atomic E-state index is 0.0424. The molecule has 3 aromatic rings. The van der Waals surface area contributed by atoms with E-state index in [4.69, 9.17) is 4.74 Å². The lowest BCUT2D eigenvalue weighted by atomic mass is 10.1. The van der Waals surface area contributed by atoms with Gasteiger partial charge in [-0.25, -0.2) is 4.68 Å². The highest BCUT2D eigenvalue weighted by Crippen LogP contribution is 2.34. The zero-order valence-electron chi connectivity index (χ0n) is 12.3. The number of hydrogen-bond acceptors (Lipinski definition) is 5. The molecule has 0 radical (unpaired) electrons. The highest BCUT2D eigenvalue weighted by atomic mass is 16.6. The van der Waals surface area contributed by atoms with E-state index in [1.54, 1.807) is 29.3 Å². The standard InChI is InChI=1S/C15H15N5O3/c21-20(22)14-6-10(11-7-16-17-8-11)5-13-12(14)9-18-19(13)15-3-1-2-4-23-15/h5-9,15H,1-4H2,(H,16,17). The van der Waals surface area contributed by atoms with Gasteiger partial charge >= 0.3 is 0 Å². The van der Waals surface area contributed by atoms with Crippen LogP contribution in [-0.4, -0.2) is 31.5 Å². The second-order valence-corrected chi connectivity index (χ2v) is 5.58. The molecule has 118 valence electrons. The smallest absolute Gasteiger partial charge is 0.281 e. The number of nitrogens with one attached hydrogen (secondary N) is 1. The van der Waals surface area contributed by atoms with Crippen molar-refractivity contribution in [2.24, 2.45) is 0 Å². The van der Waals surface area contributed by atoms with Crippen molar-refractivity contribution in [3.05, 3.63) is 40.8 Å². The zero-order chi connectivity index (χ0) is 15.8. The Labute approximate surface area is 131 Å². The van der Waals surface area contributed by atoms with E-state index in [1.807, 2.05) is 6.07 Å². The summed E-state index contributed by atoms with van der Waals surface area (Å²) in [4.78, 5) is 11.1.